The number of hydrogen-bond donors (Lipinski definition) is 1. The molecule has 19 heavy (non-hydrogen) atoms. The summed E-state index contributed by atoms with van der Waals surface area (Å²) in [5.74, 6) is 1.66. The molecule has 2 N–H and O–H groups in total. The molecule has 2 bridgehead atoms. The van der Waals surface area contributed by atoms with Crippen LogP contribution in [0.4, 0.5) is 0 Å². The van der Waals surface area contributed by atoms with E-state index >= 15 is 0 Å². The first-order valence-corrected chi connectivity index (χ1v) is 7.81. The molecule has 4 rings (SSSR count). The summed E-state index contributed by atoms with van der Waals surface area (Å²) in [5.41, 5.74) is 6.58. The molecule has 5 atom stereocenters. The van der Waals surface area contributed by atoms with Crippen LogP contribution in [0.2, 0.25) is 0 Å². The summed E-state index contributed by atoms with van der Waals surface area (Å²) in [5, 5.41) is 0. The van der Waals surface area contributed by atoms with Gasteiger partial charge in [-0.2, -0.15) is 0 Å². The number of fused-ring (bicyclic) bond motifs is 2. The summed E-state index contributed by atoms with van der Waals surface area (Å²) >= 11 is 0. The second kappa shape index (κ2) is 4.19. The predicted octanol–water partition coefficient (Wildman–Crippen LogP) is 0.999. The van der Waals surface area contributed by atoms with Crippen molar-refractivity contribution in [2.24, 2.45) is 28.9 Å². The maximum atomic E-state index is 12.8. The first-order valence-electron chi connectivity index (χ1n) is 7.81. The van der Waals surface area contributed by atoms with Crippen LogP contribution in [-0.2, 0) is 9.53 Å². The largest absolute Gasteiger partial charge is 0.381 e. The lowest BCUT2D eigenvalue weighted by Gasteiger charge is -2.31. The van der Waals surface area contributed by atoms with Crippen LogP contribution < -0.4 is 5.73 Å². The third-order valence-electron chi connectivity index (χ3n) is 6.20. The lowest BCUT2D eigenvalue weighted by atomic mass is 9.83. The predicted molar refractivity (Wildman–Crippen MR) is 71.4 cm³/mol. The monoisotopic (exact) mass is 264 g/mol. The molecule has 4 aliphatic rings. The summed E-state index contributed by atoms with van der Waals surface area (Å²) in [4.78, 5) is 14.9. The third-order valence-corrected chi connectivity index (χ3v) is 6.20. The van der Waals surface area contributed by atoms with Gasteiger partial charge in [-0.1, -0.05) is 0 Å². The van der Waals surface area contributed by atoms with Gasteiger partial charge in [-0.05, 0) is 43.9 Å². The number of hydrogen-bond acceptors (Lipinski definition) is 3. The summed E-state index contributed by atoms with van der Waals surface area (Å²) < 4.78 is 5.54. The zero-order chi connectivity index (χ0) is 13.0. The van der Waals surface area contributed by atoms with E-state index in [0.717, 1.165) is 39.1 Å². The van der Waals surface area contributed by atoms with Crippen molar-refractivity contribution in [3.8, 4) is 0 Å². The summed E-state index contributed by atoms with van der Waals surface area (Å²) in [6.45, 7) is 3.55. The first-order chi connectivity index (χ1) is 9.19. The van der Waals surface area contributed by atoms with Crippen LogP contribution in [0.25, 0.3) is 0 Å². The van der Waals surface area contributed by atoms with Gasteiger partial charge in [0.25, 0.3) is 0 Å². The SMILES string of the molecule is N[C@@H]1[C@H]2CC[C@@H](C2)[C@@H]1C(=O)N1CC[C@@]2(CCOC2)C1. The van der Waals surface area contributed by atoms with Crippen LogP contribution in [-0.4, -0.2) is 43.2 Å². The van der Waals surface area contributed by atoms with Crippen LogP contribution in [0.15, 0.2) is 0 Å². The van der Waals surface area contributed by atoms with Crippen LogP contribution in [0.1, 0.15) is 32.1 Å². The number of nitrogens with zero attached hydrogens (tertiary/aromatic N) is 1. The molecule has 2 aliphatic carbocycles. The van der Waals surface area contributed by atoms with Crippen LogP contribution >= 0.6 is 0 Å². The molecule has 0 aromatic carbocycles. The number of ether oxygens (including phenoxy) is 1. The maximum Gasteiger partial charge on any atom is 0.227 e. The molecule has 1 spiro atoms. The molecule has 4 fully saturated rings. The van der Waals surface area contributed by atoms with E-state index in [1.54, 1.807) is 0 Å². The van der Waals surface area contributed by atoms with E-state index in [-0.39, 0.29) is 17.4 Å². The van der Waals surface area contributed by atoms with E-state index in [0.29, 0.717) is 17.7 Å². The zero-order valence-electron chi connectivity index (χ0n) is 11.5. The molecule has 4 nitrogen and oxygen atoms in total. The van der Waals surface area contributed by atoms with Crippen molar-refractivity contribution < 1.29 is 9.53 Å². The maximum absolute atomic E-state index is 12.8. The average molecular weight is 264 g/mol. The molecular formula is C15H24N2O2. The summed E-state index contributed by atoms with van der Waals surface area (Å²) in [6.07, 6.45) is 5.90. The second-order valence-electron chi connectivity index (χ2n) is 7.25. The Kier molecular flexibility index (Phi) is 2.68. The van der Waals surface area contributed by atoms with Crippen molar-refractivity contribution in [3.63, 3.8) is 0 Å². The smallest absolute Gasteiger partial charge is 0.227 e. The fraction of sp³-hybridized carbons (Fsp3) is 0.933. The Hall–Kier alpha value is -0.610. The van der Waals surface area contributed by atoms with E-state index in [4.69, 9.17) is 10.5 Å². The lowest BCUT2D eigenvalue weighted by Crippen LogP contribution is -2.47. The lowest BCUT2D eigenvalue weighted by molar-refractivity contribution is -0.137. The summed E-state index contributed by atoms with van der Waals surface area (Å²) in [6, 6.07) is 0.127. The van der Waals surface area contributed by atoms with Gasteiger partial charge in [-0.25, -0.2) is 0 Å². The zero-order valence-corrected chi connectivity index (χ0v) is 11.5. The number of nitrogens with two attached hydrogens (primary N) is 1. The van der Waals surface area contributed by atoms with Crippen molar-refractivity contribution in [3.05, 3.63) is 0 Å². The van der Waals surface area contributed by atoms with Gasteiger partial charge in [0.15, 0.2) is 0 Å². The quantitative estimate of drug-likeness (QED) is 0.768. The summed E-state index contributed by atoms with van der Waals surface area (Å²) in [7, 11) is 0. The number of amides is 1. The number of carbonyl (C=O) groups is 1. The number of carbonyl (C=O) groups excluding carboxylic acids is 1. The molecule has 2 aliphatic heterocycles. The van der Waals surface area contributed by atoms with E-state index in [1.165, 1.54) is 19.3 Å². The third kappa shape index (κ3) is 1.76. The van der Waals surface area contributed by atoms with Gasteiger partial charge >= 0.3 is 0 Å². The highest BCUT2D eigenvalue weighted by Gasteiger charge is 2.52. The van der Waals surface area contributed by atoms with E-state index < -0.39 is 0 Å². The van der Waals surface area contributed by atoms with Gasteiger partial charge in [0.05, 0.1) is 12.5 Å². The van der Waals surface area contributed by atoms with Gasteiger partial charge in [-0.15, -0.1) is 0 Å². The molecule has 0 aromatic heterocycles. The molecular weight excluding hydrogens is 240 g/mol. The topological polar surface area (TPSA) is 55.6 Å². The Morgan fingerprint density at radius 2 is 2.11 bits per heavy atom. The molecule has 0 unspecified atom stereocenters. The van der Waals surface area contributed by atoms with Gasteiger partial charge < -0.3 is 15.4 Å². The van der Waals surface area contributed by atoms with Gasteiger partial charge in [0, 0.05) is 31.2 Å². The van der Waals surface area contributed by atoms with Crippen molar-refractivity contribution in [2.45, 2.75) is 38.1 Å². The Bertz CT molecular complexity index is 390. The average Bonchev–Trinajstić information content (AvgIpc) is 3.15. The van der Waals surface area contributed by atoms with Crippen LogP contribution in [0.5, 0.6) is 0 Å². The normalized spacial score (nSPS) is 48.6. The van der Waals surface area contributed by atoms with Crippen LogP contribution in [0.3, 0.4) is 0 Å². The Morgan fingerprint density at radius 1 is 1.26 bits per heavy atom. The molecule has 2 heterocycles. The number of likely N-dealkylation sites (tertiary alicyclic amines) is 1. The fourth-order valence-corrected chi connectivity index (χ4v) is 5.01. The van der Waals surface area contributed by atoms with Gasteiger partial charge in [0.1, 0.15) is 0 Å². The van der Waals surface area contributed by atoms with Crippen molar-refractivity contribution in [2.75, 3.05) is 26.3 Å². The van der Waals surface area contributed by atoms with Gasteiger partial charge in [-0.3, -0.25) is 4.79 Å². The number of rotatable bonds is 1. The molecule has 4 heteroatoms. The van der Waals surface area contributed by atoms with E-state index in [1.807, 2.05) is 0 Å². The first kappa shape index (κ1) is 12.2. The molecule has 2 saturated carbocycles. The molecule has 0 radical (unpaired) electrons. The Labute approximate surface area is 114 Å². The van der Waals surface area contributed by atoms with Crippen LogP contribution in [0, 0.1) is 23.2 Å². The Morgan fingerprint density at radius 3 is 2.79 bits per heavy atom. The molecule has 2 saturated heterocycles. The minimum Gasteiger partial charge on any atom is -0.381 e. The standard InChI is InChI=1S/C15H24N2O2/c16-13-11-2-1-10(7-11)12(13)14(18)17-5-3-15(8-17)4-6-19-9-15/h10-13H,1-9,16H2/t10-,11-,12-,13+,15+/m0/s1. The highest BCUT2D eigenvalue weighted by Crippen LogP contribution is 2.49. The van der Waals surface area contributed by atoms with Gasteiger partial charge in [0.2, 0.25) is 5.91 Å². The van der Waals surface area contributed by atoms with Crippen molar-refractivity contribution in [1.29, 1.82) is 0 Å². The van der Waals surface area contributed by atoms with E-state index in [2.05, 4.69) is 4.90 Å². The minimum atomic E-state index is 0.122. The highest BCUT2D eigenvalue weighted by atomic mass is 16.5. The minimum absolute atomic E-state index is 0.122. The van der Waals surface area contributed by atoms with E-state index in [9.17, 15) is 4.79 Å². The fourth-order valence-electron chi connectivity index (χ4n) is 5.01. The highest BCUT2D eigenvalue weighted by molar-refractivity contribution is 5.81. The second-order valence-corrected chi connectivity index (χ2v) is 7.25. The molecule has 1 amide bonds. The molecule has 106 valence electrons. The Balaban J connectivity index is 1.47. The van der Waals surface area contributed by atoms with Crippen molar-refractivity contribution in [1.82, 2.24) is 4.90 Å². The van der Waals surface area contributed by atoms with Crippen molar-refractivity contribution >= 4 is 5.91 Å². The molecule has 0 aromatic rings.